The summed E-state index contributed by atoms with van der Waals surface area (Å²) in [6, 6.07) is 4.94. The van der Waals surface area contributed by atoms with Crippen LogP contribution in [-0.2, 0) is 11.2 Å². The van der Waals surface area contributed by atoms with E-state index in [0.717, 1.165) is 0 Å². The number of amides is 1. The van der Waals surface area contributed by atoms with Gasteiger partial charge in [0.2, 0.25) is 5.91 Å². The Morgan fingerprint density at radius 1 is 1.35 bits per heavy atom. The highest BCUT2D eigenvalue weighted by Crippen LogP contribution is 2.48. The van der Waals surface area contributed by atoms with Gasteiger partial charge >= 0.3 is 6.18 Å². The van der Waals surface area contributed by atoms with Crippen LogP contribution in [0.15, 0.2) is 24.3 Å². The highest BCUT2D eigenvalue weighted by molar-refractivity contribution is 5.83. The summed E-state index contributed by atoms with van der Waals surface area (Å²) in [5, 5.41) is 11.1. The standard InChI is InChI=1S/C13H15F3N2O2/c14-13(15,16)12(5-6-12)18-11(20)10(17)7-8-1-3-9(19)4-2-8/h1-4,10,19H,5-7,17H2,(H,18,20)/t10-/m1/s1. The summed E-state index contributed by atoms with van der Waals surface area (Å²) in [4.78, 5) is 11.7. The molecule has 0 radical (unpaired) electrons. The minimum Gasteiger partial charge on any atom is -0.508 e. The largest absolute Gasteiger partial charge is 0.508 e. The molecule has 1 aromatic carbocycles. The van der Waals surface area contributed by atoms with Crippen molar-refractivity contribution in [1.82, 2.24) is 5.32 Å². The van der Waals surface area contributed by atoms with Crippen LogP contribution in [0.25, 0.3) is 0 Å². The molecule has 110 valence electrons. The van der Waals surface area contributed by atoms with Gasteiger partial charge in [0, 0.05) is 0 Å². The van der Waals surface area contributed by atoms with E-state index < -0.39 is 23.7 Å². The molecule has 1 saturated carbocycles. The Balaban J connectivity index is 1.94. The molecule has 1 aliphatic carbocycles. The van der Waals surface area contributed by atoms with Crippen molar-refractivity contribution < 1.29 is 23.1 Å². The third-order valence-corrected chi connectivity index (χ3v) is 3.38. The number of carbonyl (C=O) groups is 1. The molecule has 2 rings (SSSR count). The average Bonchev–Trinajstić information content (AvgIpc) is 3.12. The number of rotatable bonds is 4. The van der Waals surface area contributed by atoms with E-state index in [9.17, 15) is 18.0 Å². The van der Waals surface area contributed by atoms with Crippen LogP contribution in [0.2, 0.25) is 0 Å². The highest BCUT2D eigenvalue weighted by atomic mass is 19.4. The van der Waals surface area contributed by atoms with Crippen molar-refractivity contribution in [2.45, 2.75) is 37.0 Å². The van der Waals surface area contributed by atoms with Gasteiger partial charge in [-0.05, 0) is 37.0 Å². The van der Waals surface area contributed by atoms with Crippen LogP contribution < -0.4 is 11.1 Å². The number of phenolic OH excluding ortho intramolecular Hbond substituents is 1. The van der Waals surface area contributed by atoms with Gasteiger partial charge in [-0.15, -0.1) is 0 Å². The molecule has 1 fully saturated rings. The Kier molecular flexibility index (Phi) is 3.64. The Morgan fingerprint density at radius 3 is 2.35 bits per heavy atom. The summed E-state index contributed by atoms with van der Waals surface area (Å²) in [5.74, 6) is -0.742. The Bertz CT molecular complexity index is 495. The van der Waals surface area contributed by atoms with Crippen LogP contribution >= 0.6 is 0 Å². The lowest BCUT2D eigenvalue weighted by molar-refractivity contribution is -0.170. The molecule has 20 heavy (non-hydrogen) atoms. The summed E-state index contributed by atoms with van der Waals surface area (Å²) >= 11 is 0. The van der Waals surface area contributed by atoms with E-state index in [-0.39, 0.29) is 25.0 Å². The molecule has 7 heteroatoms. The van der Waals surface area contributed by atoms with E-state index in [1.165, 1.54) is 12.1 Å². The predicted octanol–water partition coefficient (Wildman–Crippen LogP) is 1.47. The van der Waals surface area contributed by atoms with Gasteiger partial charge in [0.15, 0.2) is 0 Å². The number of halogens is 3. The molecule has 0 heterocycles. The smallest absolute Gasteiger partial charge is 0.411 e. The van der Waals surface area contributed by atoms with Crippen molar-refractivity contribution in [3.63, 3.8) is 0 Å². The summed E-state index contributed by atoms with van der Waals surface area (Å²) in [7, 11) is 0. The predicted molar refractivity (Wildman–Crippen MR) is 65.9 cm³/mol. The third kappa shape index (κ3) is 3.04. The summed E-state index contributed by atoms with van der Waals surface area (Å²) < 4.78 is 38.1. The topological polar surface area (TPSA) is 75.3 Å². The van der Waals surface area contributed by atoms with E-state index in [4.69, 9.17) is 10.8 Å². The first kappa shape index (κ1) is 14.6. The number of hydrogen-bond acceptors (Lipinski definition) is 3. The van der Waals surface area contributed by atoms with Gasteiger partial charge in [0.1, 0.15) is 11.3 Å². The first-order chi connectivity index (χ1) is 9.23. The highest BCUT2D eigenvalue weighted by Gasteiger charge is 2.64. The number of nitrogens with two attached hydrogens (primary N) is 1. The van der Waals surface area contributed by atoms with Crippen molar-refractivity contribution >= 4 is 5.91 Å². The lowest BCUT2D eigenvalue weighted by atomic mass is 10.1. The number of carbonyl (C=O) groups excluding carboxylic acids is 1. The lowest BCUT2D eigenvalue weighted by Gasteiger charge is -2.22. The zero-order valence-electron chi connectivity index (χ0n) is 10.6. The van der Waals surface area contributed by atoms with E-state index in [2.05, 4.69) is 0 Å². The summed E-state index contributed by atoms with van der Waals surface area (Å²) in [6.07, 6.45) is -4.54. The first-order valence-corrected chi connectivity index (χ1v) is 6.16. The van der Waals surface area contributed by atoms with Crippen LogP contribution in [-0.4, -0.2) is 28.8 Å². The van der Waals surface area contributed by atoms with Gasteiger partial charge in [-0.25, -0.2) is 0 Å². The number of phenols is 1. The molecular weight excluding hydrogens is 273 g/mol. The Morgan fingerprint density at radius 2 is 1.90 bits per heavy atom. The van der Waals surface area contributed by atoms with Gasteiger partial charge in [-0.1, -0.05) is 12.1 Å². The van der Waals surface area contributed by atoms with Crippen molar-refractivity contribution in [1.29, 1.82) is 0 Å². The molecule has 1 amide bonds. The van der Waals surface area contributed by atoms with Crippen LogP contribution in [0.1, 0.15) is 18.4 Å². The van der Waals surface area contributed by atoms with Crippen LogP contribution in [0.3, 0.4) is 0 Å². The number of nitrogens with one attached hydrogen (secondary N) is 1. The molecular formula is C13H15F3N2O2. The minimum absolute atomic E-state index is 0.0702. The van der Waals surface area contributed by atoms with E-state index >= 15 is 0 Å². The second-order valence-electron chi connectivity index (χ2n) is 5.05. The molecule has 1 aliphatic rings. The third-order valence-electron chi connectivity index (χ3n) is 3.38. The minimum atomic E-state index is -4.44. The fourth-order valence-electron chi connectivity index (χ4n) is 1.91. The Labute approximate surface area is 113 Å². The van der Waals surface area contributed by atoms with Gasteiger partial charge in [-0.3, -0.25) is 4.79 Å². The number of alkyl halides is 3. The van der Waals surface area contributed by atoms with Gasteiger partial charge < -0.3 is 16.2 Å². The van der Waals surface area contributed by atoms with E-state index in [0.29, 0.717) is 5.56 Å². The summed E-state index contributed by atoms with van der Waals surface area (Å²) in [5.41, 5.74) is 4.21. The van der Waals surface area contributed by atoms with Gasteiger partial charge in [0.25, 0.3) is 0 Å². The Hall–Kier alpha value is -1.76. The number of aromatic hydroxyl groups is 1. The number of benzene rings is 1. The number of hydrogen-bond donors (Lipinski definition) is 3. The van der Waals surface area contributed by atoms with Gasteiger partial charge in [-0.2, -0.15) is 13.2 Å². The quantitative estimate of drug-likeness (QED) is 0.785. The van der Waals surface area contributed by atoms with Crippen molar-refractivity contribution in [2.75, 3.05) is 0 Å². The first-order valence-electron chi connectivity index (χ1n) is 6.16. The second-order valence-corrected chi connectivity index (χ2v) is 5.05. The van der Waals surface area contributed by atoms with Crippen LogP contribution in [0.5, 0.6) is 5.75 Å². The molecule has 4 N–H and O–H groups in total. The van der Waals surface area contributed by atoms with Crippen molar-refractivity contribution in [3.05, 3.63) is 29.8 Å². The molecule has 0 aromatic heterocycles. The zero-order valence-corrected chi connectivity index (χ0v) is 10.6. The van der Waals surface area contributed by atoms with Crippen LogP contribution in [0.4, 0.5) is 13.2 Å². The molecule has 1 atom stereocenters. The maximum atomic E-state index is 12.7. The molecule has 0 saturated heterocycles. The molecule has 0 unspecified atom stereocenters. The zero-order chi connectivity index (χ0) is 15.0. The molecule has 4 nitrogen and oxygen atoms in total. The average molecular weight is 288 g/mol. The van der Waals surface area contributed by atoms with E-state index in [1.807, 2.05) is 5.32 Å². The maximum Gasteiger partial charge on any atom is 0.411 e. The second kappa shape index (κ2) is 4.97. The normalized spacial score (nSPS) is 18.4. The molecule has 0 spiro atoms. The summed E-state index contributed by atoms with van der Waals surface area (Å²) in [6.45, 7) is 0. The molecule has 0 aliphatic heterocycles. The fraction of sp³-hybridized carbons (Fsp3) is 0.462. The van der Waals surface area contributed by atoms with E-state index in [1.54, 1.807) is 12.1 Å². The maximum absolute atomic E-state index is 12.7. The SMILES string of the molecule is N[C@H](Cc1ccc(O)cc1)C(=O)NC1(C(F)(F)F)CC1. The molecule has 0 bridgehead atoms. The monoisotopic (exact) mass is 288 g/mol. The lowest BCUT2D eigenvalue weighted by Crippen LogP contribution is -2.53. The van der Waals surface area contributed by atoms with Gasteiger partial charge in [0.05, 0.1) is 6.04 Å². The van der Waals surface area contributed by atoms with Crippen molar-refractivity contribution in [2.24, 2.45) is 5.73 Å². The molecule has 1 aromatic rings. The fourth-order valence-corrected chi connectivity index (χ4v) is 1.91. The van der Waals surface area contributed by atoms with Crippen LogP contribution in [0, 0.1) is 0 Å². The van der Waals surface area contributed by atoms with Crippen molar-refractivity contribution in [3.8, 4) is 5.75 Å².